The Labute approximate surface area is 261 Å². The van der Waals surface area contributed by atoms with Crippen LogP contribution < -0.4 is 21.7 Å². The number of amides is 5. The minimum Gasteiger partial charge on any atom is -0.464 e. The Balaban J connectivity index is 1.78. The van der Waals surface area contributed by atoms with Gasteiger partial charge in [0.05, 0.1) is 12.6 Å². The number of carbonyl (C=O) groups is 6. The van der Waals surface area contributed by atoms with E-state index in [1.54, 1.807) is 0 Å². The summed E-state index contributed by atoms with van der Waals surface area (Å²) >= 11 is 0. The molecule has 248 valence electrons. The molecule has 2 saturated carbocycles. The quantitative estimate of drug-likeness (QED) is 0.202. The van der Waals surface area contributed by atoms with Gasteiger partial charge in [0.2, 0.25) is 17.6 Å². The molecule has 1 aliphatic heterocycles. The van der Waals surface area contributed by atoms with Crippen molar-refractivity contribution in [2.75, 3.05) is 13.2 Å². The summed E-state index contributed by atoms with van der Waals surface area (Å²) in [6.07, 6.45) is 3.79. The first-order chi connectivity index (χ1) is 20.1. The molecule has 0 aromatic rings. The zero-order valence-corrected chi connectivity index (χ0v) is 27.9. The number of Topliss-reactive ketones (excluding diaryl/α,β-unsaturated/α-hetero) is 1. The van der Waals surface area contributed by atoms with E-state index in [0.29, 0.717) is 13.0 Å². The highest BCUT2D eigenvalue weighted by molar-refractivity contribution is 6.37. The average Bonchev–Trinajstić information content (AvgIpc) is 3.64. The number of rotatable bonds is 11. The molecule has 12 heteroatoms. The molecule has 12 nitrogen and oxygen atoms in total. The lowest BCUT2D eigenvalue weighted by Gasteiger charge is -2.37. The van der Waals surface area contributed by atoms with Crippen LogP contribution in [-0.2, 0) is 28.7 Å². The fraction of sp³-hybridized carbons (Fsp3) is 0.812. The summed E-state index contributed by atoms with van der Waals surface area (Å²) in [7, 11) is 0. The summed E-state index contributed by atoms with van der Waals surface area (Å²) in [6.45, 7) is 17.2. The van der Waals surface area contributed by atoms with E-state index in [4.69, 9.17) is 10.5 Å². The van der Waals surface area contributed by atoms with Gasteiger partial charge in [0, 0.05) is 6.54 Å². The lowest BCUT2D eigenvalue weighted by atomic mass is 9.73. The summed E-state index contributed by atoms with van der Waals surface area (Å²) < 4.78 is 5.50. The number of ether oxygens (including phenoxy) is 1. The highest BCUT2D eigenvalue weighted by atomic mass is 16.5. The van der Waals surface area contributed by atoms with Gasteiger partial charge in [-0.15, -0.1) is 0 Å². The molecule has 6 atom stereocenters. The van der Waals surface area contributed by atoms with Crippen LogP contribution in [0.3, 0.4) is 0 Å². The molecule has 0 aromatic heterocycles. The Morgan fingerprint density at radius 3 is 1.84 bits per heavy atom. The van der Waals surface area contributed by atoms with Crippen molar-refractivity contribution in [3.8, 4) is 0 Å². The first kappa shape index (κ1) is 35.3. The second kappa shape index (κ2) is 13.0. The van der Waals surface area contributed by atoms with E-state index in [2.05, 4.69) is 16.0 Å². The number of esters is 1. The number of nitrogens with zero attached hydrogens (tertiary/aromatic N) is 1. The summed E-state index contributed by atoms with van der Waals surface area (Å²) in [5.74, 6) is -3.14. The van der Waals surface area contributed by atoms with E-state index in [-0.39, 0.29) is 29.8 Å². The first-order valence-corrected chi connectivity index (χ1v) is 15.8. The fourth-order valence-electron chi connectivity index (χ4n) is 5.86. The van der Waals surface area contributed by atoms with Gasteiger partial charge in [0.1, 0.15) is 18.1 Å². The van der Waals surface area contributed by atoms with Crippen molar-refractivity contribution >= 4 is 35.5 Å². The maximum atomic E-state index is 14.2. The Hall–Kier alpha value is -3.18. The van der Waals surface area contributed by atoms with Crippen LogP contribution in [0.1, 0.15) is 94.4 Å². The second-order valence-electron chi connectivity index (χ2n) is 16.3. The summed E-state index contributed by atoms with van der Waals surface area (Å²) in [5.41, 5.74) is 3.58. The van der Waals surface area contributed by atoms with E-state index in [9.17, 15) is 28.8 Å². The van der Waals surface area contributed by atoms with Gasteiger partial charge >= 0.3 is 12.0 Å². The Kier molecular flexibility index (Phi) is 10.5. The van der Waals surface area contributed by atoms with Crippen LogP contribution in [0.4, 0.5) is 4.79 Å². The van der Waals surface area contributed by atoms with Gasteiger partial charge in [0.15, 0.2) is 0 Å². The van der Waals surface area contributed by atoms with E-state index in [1.165, 1.54) is 4.90 Å². The molecular weight excluding hydrogens is 566 g/mol. The number of urea groups is 1. The molecule has 5 N–H and O–H groups in total. The summed E-state index contributed by atoms with van der Waals surface area (Å²) in [6, 6.07) is -4.58. The van der Waals surface area contributed by atoms with E-state index >= 15 is 0 Å². The number of primary amides is 1. The molecule has 3 aliphatic rings. The molecule has 44 heavy (non-hydrogen) atoms. The molecule has 1 unspecified atom stereocenters. The SMILES string of the molecule is CC(C)(C)COC(=O)[C@@H](NC(=O)N[C@H](C(=O)N1C[C@@H]2CC[C@@H]2[C@H]1C(=O)NC(CC1CC1)C(=O)C(N)=O)C(C)(C)C)C(C)(C)C. The molecule has 0 spiro atoms. The number of likely N-dealkylation sites (tertiary alicyclic amines) is 1. The molecule has 3 fully saturated rings. The monoisotopic (exact) mass is 619 g/mol. The third-order valence-corrected chi connectivity index (χ3v) is 8.76. The van der Waals surface area contributed by atoms with Crippen molar-refractivity contribution in [1.82, 2.24) is 20.9 Å². The van der Waals surface area contributed by atoms with E-state index in [0.717, 1.165) is 25.7 Å². The number of hydrogen-bond acceptors (Lipinski definition) is 7. The summed E-state index contributed by atoms with van der Waals surface area (Å²) in [5, 5.41) is 8.25. The topological polar surface area (TPSA) is 177 Å². The zero-order valence-electron chi connectivity index (χ0n) is 27.9. The van der Waals surface area contributed by atoms with Gasteiger partial charge in [-0.2, -0.15) is 0 Å². The number of nitrogens with one attached hydrogen (secondary N) is 3. The number of ketones is 1. The number of hydrogen-bond donors (Lipinski definition) is 4. The third kappa shape index (κ3) is 8.94. The van der Waals surface area contributed by atoms with Gasteiger partial charge in [-0.1, -0.05) is 75.2 Å². The van der Waals surface area contributed by atoms with Crippen LogP contribution in [0.5, 0.6) is 0 Å². The molecule has 0 bridgehead atoms. The predicted molar refractivity (Wildman–Crippen MR) is 164 cm³/mol. The van der Waals surface area contributed by atoms with Crippen molar-refractivity contribution in [3.63, 3.8) is 0 Å². The maximum absolute atomic E-state index is 14.2. The van der Waals surface area contributed by atoms with Crippen LogP contribution in [0, 0.1) is 34.0 Å². The standard InChI is InChI=1S/C32H53N5O7/c1-30(2,3)16-44-28(42)24(32(7,8)9)36-29(43)35-23(31(4,5)6)27(41)37-15-18-12-13-19(18)21(37)26(40)34-20(14-17-10-11-17)22(38)25(33)39/h17-21,23-24H,10-16H2,1-9H3,(H2,33,39)(H,34,40)(H2,35,36,43)/t18-,19-,20?,21-,23+,24+/m0/s1. The Bertz CT molecular complexity index is 1150. The van der Waals surface area contributed by atoms with Crippen molar-refractivity contribution in [1.29, 1.82) is 0 Å². The van der Waals surface area contributed by atoms with Gasteiger partial charge in [-0.05, 0) is 53.3 Å². The number of carbonyl (C=O) groups excluding carboxylic acids is 6. The lowest BCUT2D eigenvalue weighted by Crippen LogP contribution is -2.62. The van der Waals surface area contributed by atoms with E-state index < -0.39 is 70.5 Å². The van der Waals surface area contributed by atoms with Crippen LogP contribution in [0.2, 0.25) is 0 Å². The minimum atomic E-state index is -1.10. The molecular formula is C32H53N5O7. The molecule has 1 heterocycles. The maximum Gasteiger partial charge on any atom is 0.329 e. The largest absolute Gasteiger partial charge is 0.464 e. The van der Waals surface area contributed by atoms with Crippen LogP contribution >= 0.6 is 0 Å². The smallest absolute Gasteiger partial charge is 0.329 e. The molecule has 3 rings (SSSR count). The number of fused-ring (bicyclic) bond motifs is 1. The van der Waals surface area contributed by atoms with Crippen molar-refractivity contribution in [2.24, 2.45) is 39.7 Å². The zero-order chi connectivity index (χ0) is 33.4. The third-order valence-electron chi connectivity index (χ3n) is 8.76. The van der Waals surface area contributed by atoms with Crippen LogP contribution in [0.15, 0.2) is 0 Å². The molecule has 0 radical (unpaired) electrons. The van der Waals surface area contributed by atoms with Crippen LogP contribution in [-0.4, -0.2) is 77.7 Å². The molecule has 0 aromatic carbocycles. The molecule has 1 saturated heterocycles. The molecule has 2 aliphatic carbocycles. The summed E-state index contributed by atoms with van der Waals surface area (Å²) in [4.78, 5) is 80.0. The lowest BCUT2D eigenvalue weighted by molar-refractivity contribution is -0.151. The Morgan fingerprint density at radius 2 is 1.39 bits per heavy atom. The first-order valence-electron chi connectivity index (χ1n) is 15.8. The van der Waals surface area contributed by atoms with Gasteiger partial charge in [-0.3, -0.25) is 19.2 Å². The minimum absolute atomic E-state index is 0.0819. The Morgan fingerprint density at radius 1 is 0.818 bits per heavy atom. The van der Waals surface area contributed by atoms with Gasteiger partial charge < -0.3 is 31.3 Å². The molecule has 5 amide bonds. The van der Waals surface area contributed by atoms with Crippen LogP contribution in [0.25, 0.3) is 0 Å². The van der Waals surface area contributed by atoms with Crippen molar-refractivity contribution < 1.29 is 33.5 Å². The predicted octanol–water partition coefficient (Wildman–Crippen LogP) is 2.28. The van der Waals surface area contributed by atoms with E-state index in [1.807, 2.05) is 62.3 Å². The normalized spacial score (nSPS) is 23.8. The van der Waals surface area contributed by atoms with Gasteiger partial charge in [-0.25, -0.2) is 9.59 Å². The highest BCUT2D eigenvalue weighted by Gasteiger charge is 2.54. The highest BCUT2D eigenvalue weighted by Crippen LogP contribution is 2.46. The fourth-order valence-corrected chi connectivity index (χ4v) is 5.86. The van der Waals surface area contributed by atoms with Crippen molar-refractivity contribution in [3.05, 3.63) is 0 Å². The average molecular weight is 620 g/mol. The number of nitrogens with two attached hydrogens (primary N) is 1. The second-order valence-corrected chi connectivity index (χ2v) is 16.3. The van der Waals surface area contributed by atoms with Gasteiger partial charge in [0.25, 0.3) is 5.91 Å². The van der Waals surface area contributed by atoms with Crippen molar-refractivity contribution in [2.45, 2.75) is 119 Å².